The Balaban J connectivity index is 1.62. The molecule has 1 N–H and O–H groups in total. The maximum absolute atomic E-state index is 12.4. The molecule has 0 spiro atoms. The van der Waals surface area contributed by atoms with E-state index < -0.39 is 0 Å². The van der Waals surface area contributed by atoms with E-state index in [1.165, 1.54) is 0 Å². The predicted molar refractivity (Wildman–Crippen MR) is 114 cm³/mol. The second kappa shape index (κ2) is 9.98. The fraction of sp³-hybridized carbons (Fsp3) is 0.273. The van der Waals surface area contributed by atoms with Gasteiger partial charge in [0.05, 0.1) is 26.2 Å². The summed E-state index contributed by atoms with van der Waals surface area (Å²) in [6.07, 6.45) is 2.02. The summed E-state index contributed by atoms with van der Waals surface area (Å²) in [4.78, 5) is 12.4. The van der Waals surface area contributed by atoms with E-state index in [2.05, 4.69) is 10.4 Å². The van der Waals surface area contributed by atoms with Crippen molar-refractivity contribution >= 4 is 23.3 Å². The van der Waals surface area contributed by atoms with Gasteiger partial charge in [-0.05, 0) is 43.2 Å². The molecule has 0 fully saturated rings. The van der Waals surface area contributed by atoms with Crippen LogP contribution >= 0.6 is 11.6 Å². The first-order valence-corrected chi connectivity index (χ1v) is 9.92. The lowest BCUT2D eigenvalue weighted by atomic mass is 10.1. The lowest BCUT2D eigenvalue weighted by Crippen LogP contribution is -2.15. The number of amides is 1. The van der Waals surface area contributed by atoms with Crippen LogP contribution in [-0.4, -0.2) is 28.9 Å². The number of nitrogens with one attached hydrogen (secondary N) is 1. The fourth-order valence-electron chi connectivity index (χ4n) is 2.90. The molecule has 2 aromatic carbocycles. The van der Waals surface area contributed by atoms with E-state index >= 15 is 0 Å². The van der Waals surface area contributed by atoms with E-state index in [0.717, 1.165) is 11.1 Å². The van der Waals surface area contributed by atoms with Crippen LogP contribution in [0.3, 0.4) is 0 Å². The Labute approximate surface area is 175 Å². The van der Waals surface area contributed by atoms with Crippen molar-refractivity contribution in [1.29, 1.82) is 0 Å². The van der Waals surface area contributed by atoms with Gasteiger partial charge in [0, 0.05) is 17.3 Å². The minimum absolute atomic E-state index is 0.153. The van der Waals surface area contributed by atoms with Crippen LogP contribution in [0.1, 0.15) is 25.0 Å². The van der Waals surface area contributed by atoms with E-state index in [-0.39, 0.29) is 12.3 Å². The average molecular weight is 414 g/mol. The number of anilines is 1. The van der Waals surface area contributed by atoms with Crippen LogP contribution in [0.5, 0.6) is 11.5 Å². The van der Waals surface area contributed by atoms with Crippen molar-refractivity contribution in [3.05, 3.63) is 70.9 Å². The standard InChI is InChI=1S/C22H24ClN3O3/c1-3-28-19-10-9-16(13-20(19)29-4-2)14-22(27)24-21-11-12-26(25-21)15-17-7-5-6-8-18(17)23/h5-13H,3-4,14-15H2,1-2H3,(H,24,25,27). The van der Waals surface area contributed by atoms with Gasteiger partial charge in [-0.1, -0.05) is 35.9 Å². The molecule has 6 nitrogen and oxygen atoms in total. The van der Waals surface area contributed by atoms with Crippen molar-refractivity contribution < 1.29 is 14.3 Å². The predicted octanol–water partition coefficient (Wildman–Crippen LogP) is 4.56. The Kier molecular flexibility index (Phi) is 7.14. The molecule has 0 aliphatic carbocycles. The summed E-state index contributed by atoms with van der Waals surface area (Å²) in [6, 6.07) is 14.9. The number of hydrogen-bond acceptors (Lipinski definition) is 4. The minimum Gasteiger partial charge on any atom is -0.490 e. The summed E-state index contributed by atoms with van der Waals surface area (Å²) in [5.41, 5.74) is 1.80. The molecule has 0 aliphatic heterocycles. The molecule has 1 amide bonds. The Morgan fingerprint density at radius 3 is 2.59 bits per heavy atom. The molecule has 0 unspecified atom stereocenters. The van der Waals surface area contributed by atoms with Gasteiger partial charge in [-0.25, -0.2) is 0 Å². The lowest BCUT2D eigenvalue weighted by molar-refractivity contribution is -0.115. The lowest BCUT2D eigenvalue weighted by Gasteiger charge is -2.12. The van der Waals surface area contributed by atoms with Gasteiger partial charge in [0.2, 0.25) is 5.91 Å². The normalized spacial score (nSPS) is 10.6. The highest BCUT2D eigenvalue weighted by Crippen LogP contribution is 2.28. The maximum Gasteiger partial charge on any atom is 0.229 e. The van der Waals surface area contributed by atoms with Crippen LogP contribution in [0.2, 0.25) is 5.02 Å². The molecule has 0 aliphatic rings. The average Bonchev–Trinajstić information content (AvgIpc) is 3.13. The number of halogens is 1. The summed E-state index contributed by atoms with van der Waals surface area (Å²) >= 11 is 6.19. The molecule has 29 heavy (non-hydrogen) atoms. The molecule has 0 bridgehead atoms. The van der Waals surface area contributed by atoms with E-state index in [0.29, 0.717) is 42.1 Å². The van der Waals surface area contributed by atoms with Crippen LogP contribution in [0.25, 0.3) is 0 Å². The highest BCUT2D eigenvalue weighted by molar-refractivity contribution is 6.31. The summed E-state index contributed by atoms with van der Waals surface area (Å²) in [7, 11) is 0. The summed E-state index contributed by atoms with van der Waals surface area (Å²) in [6.45, 7) is 5.44. The first-order valence-electron chi connectivity index (χ1n) is 9.54. The molecule has 0 saturated heterocycles. The Bertz CT molecular complexity index is 971. The van der Waals surface area contributed by atoms with E-state index in [4.69, 9.17) is 21.1 Å². The number of nitrogens with zero attached hydrogens (tertiary/aromatic N) is 2. The molecule has 7 heteroatoms. The van der Waals surface area contributed by atoms with Crippen molar-refractivity contribution in [2.24, 2.45) is 0 Å². The number of ether oxygens (including phenoxy) is 2. The van der Waals surface area contributed by atoms with E-state index in [1.807, 2.05) is 62.5 Å². The van der Waals surface area contributed by atoms with Gasteiger partial charge in [0.25, 0.3) is 0 Å². The zero-order chi connectivity index (χ0) is 20.6. The first-order chi connectivity index (χ1) is 14.1. The van der Waals surface area contributed by atoms with Gasteiger partial charge in [-0.2, -0.15) is 5.10 Å². The number of hydrogen-bond donors (Lipinski definition) is 1. The van der Waals surface area contributed by atoms with Gasteiger partial charge >= 0.3 is 0 Å². The number of rotatable bonds is 9. The molecule has 3 aromatic rings. The zero-order valence-corrected chi connectivity index (χ0v) is 17.3. The second-order valence-corrected chi connectivity index (χ2v) is 6.77. The fourth-order valence-corrected chi connectivity index (χ4v) is 3.09. The largest absolute Gasteiger partial charge is 0.490 e. The van der Waals surface area contributed by atoms with E-state index in [9.17, 15) is 4.79 Å². The maximum atomic E-state index is 12.4. The Morgan fingerprint density at radius 1 is 1.07 bits per heavy atom. The van der Waals surface area contributed by atoms with Crippen molar-refractivity contribution in [3.8, 4) is 11.5 Å². The molecular formula is C22H24ClN3O3. The highest BCUT2D eigenvalue weighted by atomic mass is 35.5. The summed E-state index contributed by atoms with van der Waals surface area (Å²) in [5, 5.41) is 7.91. The minimum atomic E-state index is -0.153. The number of carbonyl (C=O) groups is 1. The molecule has 1 heterocycles. The van der Waals surface area contributed by atoms with Crippen molar-refractivity contribution in [3.63, 3.8) is 0 Å². The molecular weight excluding hydrogens is 390 g/mol. The third-order valence-electron chi connectivity index (χ3n) is 4.17. The van der Waals surface area contributed by atoms with Crippen LogP contribution in [0.15, 0.2) is 54.7 Å². The molecule has 152 valence electrons. The highest BCUT2D eigenvalue weighted by Gasteiger charge is 2.11. The van der Waals surface area contributed by atoms with Crippen LogP contribution in [0.4, 0.5) is 5.82 Å². The first kappa shape index (κ1) is 20.7. The number of carbonyl (C=O) groups excluding carboxylic acids is 1. The summed E-state index contributed by atoms with van der Waals surface area (Å²) < 4.78 is 12.9. The van der Waals surface area contributed by atoms with Crippen molar-refractivity contribution in [1.82, 2.24) is 9.78 Å². The smallest absolute Gasteiger partial charge is 0.229 e. The van der Waals surface area contributed by atoms with Crippen LogP contribution in [-0.2, 0) is 17.8 Å². The van der Waals surface area contributed by atoms with Gasteiger partial charge < -0.3 is 14.8 Å². The van der Waals surface area contributed by atoms with Crippen LogP contribution < -0.4 is 14.8 Å². The third-order valence-corrected chi connectivity index (χ3v) is 4.54. The third kappa shape index (κ3) is 5.74. The van der Waals surface area contributed by atoms with Gasteiger partial charge in [-0.15, -0.1) is 0 Å². The van der Waals surface area contributed by atoms with Crippen LogP contribution in [0, 0.1) is 0 Å². The topological polar surface area (TPSA) is 65.4 Å². The van der Waals surface area contributed by atoms with Gasteiger partial charge in [-0.3, -0.25) is 9.48 Å². The number of aromatic nitrogens is 2. The van der Waals surface area contributed by atoms with Gasteiger partial charge in [0.15, 0.2) is 17.3 Å². The molecule has 0 saturated carbocycles. The number of benzene rings is 2. The zero-order valence-electron chi connectivity index (χ0n) is 16.5. The second-order valence-electron chi connectivity index (χ2n) is 6.36. The van der Waals surface area contributed by atoms with Crippen molar-refractivity contribution in [2.45, 2.75) is 26.8 Å². The monoisotopic (exact) mass is 413 g/mol. The quantitative estimate of drug-likeness (QED) is 0.558. The van der Waals surface area contributed by atoms with Gasteiger partial charge in [0.1, 0.15) is 0 Å². The van der Waals surface area contributed by atoms with E-state index in [1.54, 1.807) is 10.7 Å². The molecule has 3 rings (SSSR count). The van der Waals surface area contributed by atoms with Crippen molar-refractivity contribution in [2.75, 3.05) is 18.5 Å². The Hall–Kier alpha value is -2.99. The SMILES string of the molecule is CCOc1ccc(CC(=O)Nc2ccn(Cc3ccccc3Cl)n2)cc1OCC. The molecule has 0 radical (unpaired) electrons. The molecule has 1 aromatic heterocycles. The molecule has 0 atom stereocenters. The summed E-state index contributed by atoms with van der Waals surface area (Å²) in [5.74, 6) is 1.66. The Morgan fingerprint density at radius 2 is 1.83 bits per heavy atom.